The molecule has 3 heteroatoms. The summed E-state index contributed by atoms with van der Waals surface area (Å²) in [5, 5.41) is 1.13. The van der Waals surface area contributed by atoms with Gasteiger partial charge < -0.3 is 5.73 Å². The predicted octanol–water partition coefficient (Wildman–Crippen LogP) is 3.24. The van der Waals surface area contributed by atoms with Crippen LogP contribution >= 0.6 is 11.3 Å². The van der Waals surface area contributed by atoms with Crippen LogP contribution in [0.25, 0.3) is 10.4 Å². The van der Waals surface area contributed by atoms with E-state index in [1.165, 1.54) is 27.1 Å². The predicted molar refractivity (Wildman–Crippen MR) is 74.5 cm³/mol. The molecule has 0 bridgehead atoms. The van der Waals surface area contributed by atoms with Crippen molar-refractivity contribution in [3.8, 4) is 10.4 Å². The highest BCUT2D eigenvalue weighted by Gasteiger charge is 2.10. The van der Waals surface area contributed by atoms with Gasteiger partial charge in [-0.15, -0.1) is 11.3 Å². The Hall–Kier alpha value is -1.19. The highest BCUT2D eigenvalue weighted by molar-refractivity contribution is 7.15. The van der Waals surface area contributed by atoms with Gasteiger partial charge in [0.2, 0.25) is 0 Å². The third-order valence-corrected chi connectivity index (χ3v) is 3.91. The highest BCUT2D eigenvalue weighted by Crippen LogP contribution is 2.32. The van der Waals surface area contributed by atoms with E-state index < -0.39 is 0 Å². The van der Waals surface area contributed by atoms with E-state index in [2.05, 4.69) is 37.9 Å². The molecule has 1 aromatic carbocycles. The first-order valence-electron chi connectivity index (χ1n) is 5.85. The van der Waals surface area contributed by atoms with Crippen LogP contribution in [0.1, 0.15) is 21.7 Å². The zero-order valence-corrected chi connectivity index (χ0v) is 11.4. The van der Waals surface area contributed by atoms with Gasteiger partial charge in [-0.2, -0.15) is 0 Å². The second kappa shape index (κ2) is 4.98. The van der Waals surface area contributed by atoms with Crippen molar-refractivity contribution in [1.82, 2.24) is 4.98 Å². The second-order valence-corrected chi connectivity index (χ2v) is 5.55. The Morgan fingerprint density at radius 3 is 2.41 bits per heavy atom. The standard InChI is InChI=1S/C14H18N2S/c1-9-6-10(2)14(11(3)7-9)12-8-16-13(17-12)4-5-15/h6-8H,4-5,15H2,1-3H3. The first-order valence-corrected chi connectivity index (χ1v) is 6.66. The molecule has 0 amide bonds. The first kappa shape index (κ1) is 12.3. The minimum atomic E-state index is 0.665. The van der Waals surface area contributed by atoms with Crippen LogP contribution in [-0.2, 0) is 6.42 Å². The van der Waals surface area contributed by atoms with E-state index in [1.54, 1.807) is 11.3 Å². The second-order valence-electron chi connectivity index (χ2n) is 4.43. The lowest BCUT2D eigenvalue weighted by atomic mass is 9.99. The Morgan fingerprint density at radius 1 is 1.18 bits per heavy atom. The van der Waals surface area contributed by atoms with Crippen molar-refractivity contribution in [3.05, 3.63) is 40.0 Å². The average molecular weight is 246 g/mol. The van der Waals surface area contributed by atoms with Crippen molar-refractivity contribution >= 4 is 11.3 Å². The normalized spacial score (nSPS) is 10.8. The van der Waals surface area contributed by atoms with Gasteiger partial charge in [0.25, 0.3) is 0 Å². The van der Waals surface area contributed by atoms with Crippen molar-refractivity contribution in [2.24, 2.45) is 5.73 Å². The molecule has 0 atom stereocenters. The van der Waals surface area contributed by atoms with Crippen LogP contribution in [0.15, 0.2) is 18.3 Å². The number of hydrogen-bond acceptors (Lipinski definition) is 3. The SMILES string of the molecule is Cc1cc(C)c(-c2cnc(CCN)s2)c(C)c1. The number of nitrogens with two attached hydrogens (primary N) is 1. The van der Waals surface area contributed by atoms with Crippen molar-refractivity contribution in [2.45, 2.75) is 27.2 Å². The fraction of sp³-hybridized carbons (Fsp3) is 0.357. The molecule has 0 aliphatic heterocycles. The molecular weight excluding hydrogens is 228 g/mol. The Labute approximate surface area is 107 Å². The summed E-state index contributed by atoms with van der Waals surface area (Å²) in [5.41, 5.74) is 10.8. The Kier molecular flexibility index (Phi) is 3.60. The highest BCUT2D eigenvalue weighted by atomic mass is 32.1. The van der Waals surface area contributed by atoms with Crippen molar-refractivity contribution < 1.29 is 0 Å². The van der Waals surface area contributed by atoms with Gasteiger partial charge in [-0.3, -0.25) is 0 Å². The lowest BCUT2D eigenvalue weighted by Crippen LogP contribution is -2.01. The molecule has 0 aliphatic rings. The van der Waals surface area contributed by atoms with E-state index in [0.29, 0.717) is 6.54 Å². The number of rotatable bonds is 3. The van der Waals surface area contributed by atoms with Crippen LogP contribution in [0.5, 0.6) is 0 Å². The van der Waals surface area contributed by atoms with Crippen LogP contribution in [0, 0.1) is 20.8 Å². The number of thiazole rings is 1. The van der Waals surface area contributed by atoms with Crippen LogP contribution in [-0.4, -0.2) is 11.5 Å². The maximum Gasteiger partial charge on any atom is 0.0943 e. The van der Waals surface area contributed by atoms with Crippen molar-refractivity contribution in [3.63, 3.8) is 0 Å². The van der Waals surface area contributed by atoms with Crippen LogP contribution in [0.3, 0.4) is 0 Å². The van der Waals surface area contributed by atoms with Gasteiger partial charge in [0, 0.05) is 12.6 Å². The Bertz CT molecular complexity index is 506. The Balaban J connectivity index is 2.45. The van der Waals surface area contributed by atoms with Gasteiger partial charge in [0.1, 0.15) is 0 Å². The van der Waals surface area contributed by atoms with E-state index in [1.807, 2.05) is 6.20 Å². The Morgan fingerprint density at radius 2 is 1.82 bits per heavy atom. The lowest BCUT2D eigenvalue weighted by Gasteiger charge is -2.08. The maximum atomic E-state index is 5.55. The van der Waals surface area contributed by atoms with Crippen LogP contribution in [0.2, 0.25) is 0 Å². The maximum absolute atomic E-state index is 5.55. The lowest BCUT2D eigenvalue weighted by molar-refractivity contribution is 0.953. The fourth-order valence-corrected chi connectivity index (χ4v) is 3.34. The molecule has 90 valence electrons. The summed E-state index contributed by atoms with van der Waals surface area (Å²) in [5.74, 6) is 0. The first-order chi connectivity index (χ1) is 8.11. The molecule has 17 heavy (non-hydrogen) atoms. The fourth-order valence-electron chi connectivity index (χ4n) is 2.23. The molecular formula is C14H18N2S. The summed E-state index contributed by atoms with van der Waals surface area (Å²) >= 11 is 1.75. The minimum Gasteiger partial charge on any atom is -0.330 e. The van der Waals surface area contributed by atoms with Gasteiger partial charge in [0.05, 0.1) is 9.88 Å². The number of benzene rings is 1. The summed E-state index contributed by atoms with van der Waals surface area (Å²) in [6.45, 7) is 7.13. The van der Waals surface area contributed by atoms with Crippen molar-refractivity contribution in [1.29, 1.82) is 0 Å². The van der Waals surface area contributed by atoms with E-state index in [-0.39, 0.29) is 0 Å². The summed E-state index contributed by atoms with van der Waals surface area (Å²) in [7, 11) is 0. The molecule has 0 unspecified atom stereocenters. The number of nitrogens with zero attached hydrogens (tertiary/aromatic N) is 1. The van der Waals surface area contributed by atoms with Gasteiger partial charge in [-0.1, -0.05) is 17.7 Å². The van der Waals surface area contributed by atoms with Gasteiger partial charge in [0.15, 0.2) is 0 Å². The largest absolute Gasteiger partial charge is 0.330 e. The van der Waals surface area contributed by atoms with E-state index in [4.69, 9.17) is 5.73 Å². The molecule has 0 fully saturated rings. The number of hydrogen-bond donors (Lipinski definition) is 1. The topological polar surface area (TPSA) is 38.9 Å². The average Bonchev–Trinajstić information content (AvgIpc) is 2.65. The molecule has 1 aromatic heterocycles. The zero-order valence-electron chi connectivity index (χ0n) is 10.6. The van der Waals surface area contributed by atoms with E-state index in [0.717, 1.165) is 11.4 Å². The molecule has 0 spiro atoms. The summed E-state index contributed by atoms with van der Waals surface area (Å²) in [4.78, 5) is 5.68. The molecule has 2 aromatic rings. The molecule has 0 saturated heterocycles. The summed E-state index contributed by atoms with van der Waals surface area (Å²) in [6.07, 6.45) is 2.84. The van der Waals surface area contributed by atoms with Gasteiger partial charge in [-0.25, -0.2) is 4.98 Å². The quantitative estimate of drug-likeness (QED) is 0.903. The third kappa shape index (κ3) is 2.56. The van der Waals surface area contributed by atoms with E-state index in [9.17, 15) is 0 Å². The monoisotopic (exact) mass is 246 g/mol. The minimum absolute atomic E-state index is 0.665. The molecule has 2 rings (SSSR count). The van der Waals surface area contributed by atoms with Crippen LogP contribution < -0.4 is 5.73 Å². The molecule has 0 aliphatic carbocycles. The summed E-state index contributed by atoms with van der Waals surface area (Å²) < 4.78 is 0. The molecule has 1 heterocycles. The van der Waals surface area contributed by atoms with E-state index >= 15 is 0 Å². The van der Waals surface area contributed by atoms with Gasteiger partial charge in [-0.05, 0) is 44.0 Å². The van der Waals surface area contributed by atoms with Crippen LogP contribution in [0.4, 0.5) is 0 Å². The molecule has 2 N–H and O–H groups in total. The van der Waals surface area contributed by atoms with Gasteiger partial charge >= 0.3 is 0 Å². The molecule has 2 nitrogen and oxygen atoms in total. The molecule has 0 radical (unpaired) electrons. The molecule has 0 saturated carbocycles. The summed E-state index contributed by atoms with van der Waals surface area (Å²) in [6, 6.07) is 4.45. The third-order valence-electron chi connectivity index (χ3n) is 2.84. The van der Waals surface area contributed by atoms with Crippen molar-refractivity contribution in [2.75, 3.05) is 6.54 Å². The number of aromatic nitrogens is 1. The zero-order chi connectivity index (χ0) is 12.4. The smallest absolute Gasteiger partial charge is 0.0943 e. The number of aryl methyl sites for hydroxylation is 3.